The zero-order chi connectivity index (χ0) is 12.3. The number of aromatic nitrogens is 2. The van der Waals surface area contributed by atoms with E-state index >= 15 is 0 Å². The van der Waals surface area contributed by atoms with Crippen LogP contribution in [0.1, 0.15) is 5.56 Å². The first-order chi connectivity index (χ1) is 8.03. The Morgan fingerprint density at radius 2 is 2.00 bits per heavy atom. The van der Waals surface area contributed by atoms with E-state index in [4.69, 9.17) is 5.14 Å². The first-order valence-electron chi connectivity index (χ1n) is 4.81. The SMILES string of the molecule is NS(=O)(=O)Oc1cnn(Cc2ccccc2)c1. The third kappa shape index (κ3) is 3.58. The Morgan fingerprint density at radius 1 is 1.29 bits per heavy atom. The van der Waals surface area contributed by atoms with Gasteiger partial charge < -0.3 is 4.18 Å². The van der Waals surface area contributed by atoms with Crippen LogP contribution in [0.5, 0.6) is 5.75 Å². The van der Waals surface area contributed by atoms with Crippen LogP contribution >= 0.6 is 0 Å². The fraction of sp³-hybridized carbons (Fsp3) is 0.100. The summed E-state index contributed by atoms with van der Waals surface area (Å²) >= 11 is 0. The van der Waals surface area contributed by atoms with Crippen LogP contribution in [0.4, 0.5) is 0 Å². The van der Waals surface area contributed by atoms with Crippen molar-refractivity contribution in [2.75, 3.05) is 0 Å². The number of rotatable bonds is 4. The van der Waals surface area contributed by atoms with Crippen molar-refractivity contribution in [1.29, 1.82) is 0 Å². The van der Waals surface area contributed by atoms with Gasteiger partial charge in [0.15, 0.2) is 5.75 Å². The standard InChI is InChI=1S/C10H11N3O3S/c11-17(14,15)16-10-6-12-13(8-10)7-9-4-2-1-3-5-9/h1-6,8H,7H2,(H2,11,14,15). The molecule has 0 spiro atoms. The Hall–Kier alpha value is -1.86. The molecule has 0 unspecified atom stereocenters. The van der Waals surface area contributed by atoms with Gasteiger partial charge in [-0.05, 0) is 5.56 Å². The Labute approximate surface area is 98.9 Å². The zero-order valence-electron chi connectivity index (χ0n) is 8.85. The van der Waals surface area contributed by atoms with Crippen molar-refractivity contribution < 1.29 is 12.6 Å². The Kier molecular flexibility index (Phi) is 3.12. The third-order valence-corrected chi connectivity index (χ3v) is 2.43. The summed E-state index contributed by atoms with van der Waals surface area (Å²) in [4.78, 5) is 0. The van der Waals surface area contributed by atoms with Crippen LogP contribution in [0.25, 0.3) is 0 Å². The number of benzene rings is 1. The molecule has 0 saturated carbocycles. The summed E-state index contributed by atoms with van der Waals surface area (Å²) in [7, 11) is -3.99. The summed E-state index contributed by atoms with van der Waals surface area (Å²) in [6, 6.07) is 9.65. The highest BCUT2D eigenvalue weighted by molar-refractivity contribution is 7.84. The van der Waals surface area contributed by atoms with Gasteiger partial charge >= 0.3 is 10.3 Å². The quantitative estimate of drug-likeness (QED) is 0.860. The molecule has 0 fully saturated rings. The molecule has 0 aliphatic heterocycles. The molecule has 2 rings (SSSR count). The van der Waals surface area contributed by atoms with Crippen LogP contribution in [-0.2, 0) is 16.8 Å². The second kappa shape index (κ2) is 4.56. The number of nitrogens with zero attached hydrogens (tertiary/aromatic N) is 2. The lowest BCUT2D eigenvalue weighted by Gasteiger charge is -2.00. The van der Waals surface area contributed by atoms with Crippen LogP contribution in [0, 0.1) is 0 Å². The van der Waals surface area contributed by atoms with Gasteiger partial charge in [-0.3, -0.25) is 4.68 Å². The number of hydrogen-bond donors (Lipinski definition) is 1. The van der Waals surface area contributed by atoms with Gasteiger partial charge in [0.05, 0.1) is 18.9 Å². The van der Waals surface area contributed by atoms with Crippen LogP contribution in [0.15, 0.2) is 42.7 Å². The lowest BCUT2D eigenvalue weighted by molar-refractivity contribution is 0.487. The number of nitrogens with two attached hydrogens (primary N) is 1. The second-order valence-electron chi connectivity index (χ2n) is 3.44. The molecule has 6 nitrogen and oxygen atoms in total. The first-order valence-corrected chi connectivity index (χ1v) is 6.29. The van der Waals surface area contributed by atoms with E-state index in [1.54, 1.807) is 4.68 Å². The summed E-state index contributed by atoms with van der Waals surface area (Å²) < 4.78 is 27.4. The van der Waals surface area contributed by atoms with Gasteiger partial charge in [0.1, 0.15) is 0 Å². The molecule has 0 atom stereocenters. The molecule has 1 aromatic carbocycles. The zero-order valence-corrected chi connectivity index (χ0v) is 9.67. The molecule has 1 heterocycles. The molecule has 1 aromatic heterocycles. The van der Waals surface area contributed by atoms with E-state index in [1.807, 2.05) is 30.3 Å². The average molecular weight is 253 g/mol. The van der Waals surface area contributed by atoms with Gasteiger partial charge in [-0.1, -0.05) is 30.3 Å². The maximum Gasteiger partial charge on any atom is 0.380 e. The van der Waals surface area contributed by atoms with Crippen LogP contribution in [-0.4, -0.2) is 18.2 Å². The van der Waals surface area contributed by atoms with Gasteiger partial charge in [-0.15, -0.1) is 0 Å². The molecule has 0 saturated heterocycles. The maximum atomic E-state index is 10.7. The summed E-state index contributed by atoms with van der Waals surface area (Å²) in [5, 5.41) is 8.71. The normalized spacial score (nSPS) is 11.4. The first kappa shape index (κ1) is 11.6. The molecule has 2 aromatic rings. The predicted molar refractivity (Wildman–Crippen MR) is 61.5 cm³/mol. The van der Waals surface area contributed by atoms with Crippen LogP contribution < -0.4 is 9.32 Å². The molecule has 7 heteroatoms. The smallest absolute Gasteiger partial charge is 0.368 e. The van der Waals surface area contributed by atoms with Gasteiger partial charge in [0, 0.05) is 0 Å². The molecule has 0 aliphatic rings. The van der Waals surface area contributed by atoms with E-state index in [2.05, 4.69) is 9.28 Å². The van der Waals surface area contributed by atoms with Crippen molar-refractivity contribution >= 4 is 10.3 Å². The van der Waals surface area contributed by atoms with Gasteiger partial charge in [0.25, 0.3) is 0 Å². The summed E-state index contributed by atoms with van der Waals surface area (Å²) in [5.74, 6) is 0.100. The summed E-state index contributed by atoms with van der Waals surface area (Å²) in [5.41, 5.74) is 1.05. The second-order valence-corrected chi connectivity index (χ2v) is 4.59. The minimum absolute atomic E-state index is 0.100. The van der Waals surface area contributed by atoms with E-state index in [-0.39, 0.29) is 5.75 Å². The van der Waals surface area contributed by atoms with Crippen molar-refractivity contribution in [3.05, 3.63) is 48.3 Å². The third-order valence-electron chi connectivity index (χ3n) is 2.01. The van der Waals surface area contributed by atoms with Gasteiger partial charge in [-0.25, -0.2) is 0 Å². The monoisotopic (exact) mass is 253 g/mol. The highest BCUT2D eigenvalue weighted by Crippen LogP contribution is 2.11. The Bertz CT molecular complexity index is 592. The Morgan fingerprint density at radius 3 is 2.65 bits per heavy atom. The molecule has 90 valence electrons. The molecule has 0 amide bonds. The molecule has 0 bridgehead atoms. The summed E-state index contributed by atoms with van der Waals surface area (Å²) in [6.45, 7) is 0.537. The van der Waals surface area contributed by atoms with Gasteiger partial charge in [-0.2, -0.15) is 18.7 Å². The average Bonchev–Trinajstić information content (AvgIpc) is 2.64. The van der Waals surface area contributed by atoms with E-state index in [0.717, 1.165) is 5.56 Å². The molecule has 0 radical (unpaired) electrons. The topological polar surface area (TPSA) is 87.2 Å². The highest BCUT2D eigenvalue weighted by Gasteiger charge is 2.07. The van der Waals surface area contributed by atoms with E-state index in [9.17, 15) is 8.42 Å². The fourth-order valence-corrected chi connectivity index (χ4v) is 1.73. The molecule has 0 aliphatic carbocycles. The molecule has 2 N–H and O–H groups in total. The lowest BCUT2D eigenvalue weighted by Crippen LogP contribution is -2.18. The van der Waals surface area contributed by atoms with Crippen molar-refractivity contribution in [2.24, 2.45) is 5.14 Å². The van der Waals surface area contributed by atoms with Gasteiger partial charge in [0.2, 0.25) is 0 Å². The lowest BCUT2D eigenvalue weighted by atomic mass is 10.2. The van der Waals surface area contributed by atoms with Crippen molar-refractivity contribution in [1.82, 2.24) is 9.78 Å². The minimum atomic E-state index is -3.99. The fourth-order valence-electron chi connectivity index (χ4n) is 1.38. The molecular weight excluding hydrogens is 242 g/mol. The van der Waals surface area contributed by atoms with Crippen molar-refractivity contribution in [3.63, 3.8) is 0 Å². The molecule has 17 heavy (non-hydrogen) atoms. The Balaban J connectivity index is 2.09. The van der Waals surface area contributed by atoms with E-state index in [1.165, 1.54) is 12.4 Å². The minimum Gasteiger partial charge on any atom is -0.368 e. The highest BCUT2D eigenvalue weighted by atomic mass is 32.2. The molecular formula is C10H11N3O3S. The van der Waals surface area contributed by atoms with Crippen LogP contribution in [0.3, 0.4) is 0 Å². The van der Waals surface area contributed by atoms with E-state index in [0.29, 0.717) is 6.54 Å². The van der Waals surface area contributed by atoms with Crippen molar-refractivity contribution in [3.8, 4) is 5.75 Å². The van der Waals surface area contributed by atoms with Crippen LogP contribution in [0.2, 0.25) is 0 Å². The van der Waals surface area contributed by atoms with Crippen molar-refractivity contribution in [2.45, 2.75) is 6.54 Å². The largest absolute Gasteiger partial charge is 0.380 e. The predicted octanol–water partition coefficient (Wildman–Crippen LogP) is 0.514. The maximum absolute atomic E-state index is 10.7. The number of hydrogen-bond acceptors (Lipinski definition) is 4. The van der Waals surface area contributed by atoms with E-state index < -0.39 is 10.3 Å². The summed E-state index contributed by atoms with van der Waals surface area (Å²) in [6.07, 6.45) is 2.77.